The van der Waals surface area contributed by atoms with Gasteiger partial charge in [-0.1, -0.05) is 0 Å². The minimum Gasteiger partial charge on any atom is -0.486 e. The highest BCUT2D eigenvalue weighted by atomic mass is 79.9. The molecule has 0 aliphatic heterocycles. The normalized spacial score (nSPS) is 10.2. The highest BCUT2D eigenvalue weighted by Gasteiger charge is 2.14. The summed E-state index contributed by atoms with van der Waals surface area (Å²) in [7, 11) is 0. The van der Waals surface area contributed by atoms with Gasteiger partial charge >= 0.3 is 5.69 Å². The van der Waals surface area contributed by atoms with Crippen LogP contribution in [-0.2, 0) is 6.61 Å². The number of hydrogen-bond acceptors (Lipinski definition) is 4. The van der Waals surface area contributed by atoms with Crippen LogP contribution in [0.5, 0.6) is 5.75 Å². The molecule has 0 radical (unpaired) electrons. The van der Waals surface area contributed by atoms with E-state index in [0.717, 1.165) is 12.1 Å². The van der Waals surface area contributed by atoms with E-state index in [1.54, 1.807) is 18.3 Å². The summed E-state index contributed by atoms with van der Waals surface area (Å²) < 4.78 is 19.4. The zero-order valence-corrected chi connectivity index (χ0v) is 11.1. The van der Waals surface area contributed by atoms with Crippen molar-refractivity contribution in [1.29, 1.82) is 0 Å². The highest BCUT2D eigenvalue weighted by molar-refractivity contribution is 9.10. The summed E-state index contributed by atoms with van der Waals surface area (Å²) in [5.74, 6) is -0.363. The molecule has 0 bridgehead atoms. The number of nitrogens with zero attached hydrogens (tertiary/aromatic N) is 2. The van der Waals surface area contributed by atoms with Crippen molar-refractivity contribution in [3.05, 3.63) is 62.6 Å². The number of nitro benzene ring substituents is 1. The molecule has 0 aliphatic carbocycles. The second-order valence-electron chi connectivity index (χ2n) is 3.62. The summed E-state index contributed by atoms with van der Waals surface area (Å²) in [5.41, 5.74) is -0.0508. The molecule has 1 aromatic carbocycles. The molecule has 98 valence electrons. The van der Waals surface area contributed by atoms with Gasteiger partial charge in [-0.3, -0.25) is 10.1 Å². The first-order chi connectivity index (χ1) is 9.08. The van der Waals surface area contributed by atoms with Gasteiger partial charge in [0.15, 0.2) is 5.75 Å². The van der Waals surface area contributed by atoms with Gasteiger partial charge in [-0.05, 0) is 45.8 Å². The van der Waals surface area contributed by atoms with Gasteiger partial charge in [0, 0.05) is 12.3 Å². The molecule has 1 heterocycles. The van der Waals surface area contributed by atoms with Crippen LogP contribution < -0.4 is 4.74 Å². The van der Waals surface area contributed by atoms with Crippen molar-refractivity contribution in [1.82, 2.24) is 4.98 Å². The maximum Gasteiger partial charge on any atom is 0.304 e. The number of hydrogen-bond donors (Lipinski definition) is 0. The molecule has 0 saturated carbocycles. The summed E-state index contributed by atoms with van der Waals surface area (Å²) >= 11 is 3.22. The fourth-order valence-corrected chi connectivity index (χ4v) is 1.79. The van der Waals surface area contributed by atoms with Gasteiger partial charge in [0.25, 0.3) is 0 Å². The fraction of sp³-hybridized carbons (Fsp3) is 0.0833. The average molecular weight is 327 g/mol. The second-order valence-corrected chi connectivity index (χ2v) is 4.38. The maximum atomic E-state index is 13.4. The van der Waals surface area contributed by atoms with Crippen LogP contribution in [0.3, 0.4) is 0 Å². The molecule has 5 nitrogen and oxygen atoms in total. The number of benzene rings is 1. The third-order valence-corrected chi connectivity index (χ3v) is 2.92. The van der Waals surface area contributed by atoms with Crippen molar-refractivity contribution < 1.29 is 14.1 Å². The Morgan fingerprint density at radius 3 is 2.84 bits per heavy atom. The molecule has 0 spiro atoms. The first kappa shape index (κ1) is 13.4. The molecule has 19 heavy (non-hydrogen) atoms. The molecule has 1 aromatic heterocycles. The summed E-state index contributed by atoms with van der Waals surface area (Å²) in [5, 5.41) is 10.5. The Morgan fingerprint density at radius 1 is 1.42 bits per heavy atom. The quantitative estimate of drug-likeness (QED) is 0.490. The fourth-order valence-electron chi connectivity index (χ4n) is 1.43. The van der Waals surface area contributed by atoms with E-state index in [1.165, 1.54) is 6.07 Å². The van der Waals surface area contributed by atoms with Crippen LogP contribution in [0.2, 0.25) is 0 Å². The zero-order valence-electron chi connectivity index (χ0n) is 9.55. The predicted molar refractivity (Wildman–Crippen MR) is 69.3 cm³/mol. The van der Waals surface area contributed by atoms with E-state index in [-0.39, 0.29) is 6.61 Å². The summed E-state index contributed by atoms with van der Waals surface area (Å²) in [6.45, 7) is 0.0964. The minimum atomic E-state index is -0.878. The summed E-state index contributed by atoms with van der Waals surface area (Å²) in [6, 6.07) is 7.07. The lowest BCUT2D eigenvalue weighted by Crippen LogP contribution is -1.99. The molecule has 0 saturated heterocycles. The first-order valence-corrected chi connectivity index (χ1v) is 6.03. The largest absolute Gasteiger partial charge is 0.486 e. The van der Waals surface area contributed by atoms with Crippen molar-refractivity contribution in [3.63, 3.8) is 0 Å². The SMILES string of the molecule is O=[N+]([O-])c1ccc(COc2cccnc2Br)cc1F. The van der Waals surface area contributed by atoms with Crippen LogP contribution >= 0.6 is 15.9 Å². The Kier molecular flexibility index (Phi) is 4.06. The van der Waals surface area contributed by atoms with Crippen LogP contribution in [-0.4, -0.2) is 9.91 Å². The number of halogens is 2. The van der Waals surface area contributed by atoms with Crippen LogP contribution in [0.25, 0.3) is 0 Å². The van der Waals surface area contributed by atoms with E-state index < -0.39 is 16.4 Å². The Morgan fingerprint density at radius 2 is 2.21 bits per heavy atom. The molecule has 0 unspecified atom stereocenters. The number of nitro groups is 1. The highest BCUT2D eigenvalue weighted by Crippen LogP contribution is 2.23. The molecule has 2 aromatic rings. The molecular formula is C12H8BrFN2O3. The first-order valence-electron chi connectivity index (χ1n) is 5.24. The second kappa shape index (κ2) is 5.75. The van der Waals surface area contributed by atoms with E-state index >= 15 is 0 Å². The smallest absolute Gasteiger partial charge is 0.304 e. The Hall–Kier alpha value is -2.02. The van der Waals surface area contributed by atoms with E-state index in [2.05, 4.69) is 20.9 Å². The Bertz CT molecular complexity index is 622. The lowest BCUT2D eigenvalue weighted by Gasteiger charge is -2.07. The van der Waals surface area contributed by atoms with Crippen molar-refractivity contribution in [2.45, 2.75) is 6.61 Å². The van der Waals surface area contributed by atoms with Crippen LogP contribution in [0.4, 0.5) is 10.1 Å². The topological polar surface area (TPSA) is 65.3 Å². The summed E-state index contributed by atoms with van der Waals surface area (Å²) in [4.78, 5) is 13.7. The molecule has 0 atom stereocenters. The number of aromatic nitrogens is 1. The third-order valence-electron chi connectivity index (χ3n) is 2.33. The molecule has 0 N–H and O–H groups in total. The van der Waals surface area contributed by atoms with Crippen molar-refractivity contribution >= 4 is 21.6 Å². The van der Waals surface area contributed by atoms with Gasteiger partial charge in [-0.2, -0.15) is 4.39 Å². The van der Waals surface area contributed by atoms with Gasteiger partial charge < -0.3 is 4.74 Å². The summed E-state index contributed by atoms with van der Waals surface area (Å²) in [6.07, 6.45) is 1.60. The zero-order chi connectivity index (χ0) is 13.8. The lowest BCUT2D eigenvalue weighted by atomic mass is 10.2. The van der Waals surface area contributed by atoms with Crippen LogP contribution in [0.1, 0.15) is 5.56 Å². The number of rotatable bonds is 4. The predicted octanol–water partition coefficient (Wildman–Crippen LogP) is 3.47. The van der Waals surface area contributed by atoms with E-state index in [1.807, 2.05) is 0 Å². The van der Waals surface area contributed by atoms with Crippen LogP contribution in [0.15, 0.2) is 41.1 Å². The monoisotopic (exact) mass is 326 g/mol. The molecule has 7 heteroatoms. The molecule has 0 amide bonds. The number of pyridine rings is 1. The molecule has 0 aliphatic rings. The average Bonchev–Trinajstić information content (AvgIpc) is 2.37. The van der Waals surface area contributed by atoms with Gasteiger partial charge in [-0.15, -0.1) is 0 Å². The molecular weight excluding hydrogens is 319 g/mol. The van der Waals surface area contributed by atoms with E-state index in [9.17, 15) is 14.5 Å². The Labute approximate surface area is 116 Å². The van der Waals surface area contributed by atoms with Crippen molar-refractivity contribution in [2.24, 2.45) is 0 Å². The van der Waals surface area contributed by atoms with Gasteiger partial charge in [0.2, 0.25) is 5.82 Å². The standard InChI is InChI=1S/C12H8BrFN2O3/c13-12-11(2-1-5-15-12)19-7-8-3-4-10(16(17)18)9(14)6-8/h1-6H,7H2. The van der Waals surface area contributed by atoms with Gasteiger partial charge in [0.1, 0.15) is 11.2 Å². The maximum absolute atomic E-state index is 13.4. The number of ether oxygens (including phenoxy) is 1. The van der Waals surface area contributed by atoms with Gasteiger partial charge in [0.05, 0.1) is 4.92 Å². The van der Waals surface area contributed by atoms with E-state index in [4.69, 9.17) is 4.74 Å². The molecule has 2 rings (SSSR count). The molecule has 0 fully saturated rings. The van der Waals surface area contributed by atoms with Gasteiger partial charge in [-0.25, -0.2) is 4.98 Å². The van der Waals surface area contributed by atoms with Crippen molar-refractivity contribution in [3.8, 4) is 5.75 Å². The van der Waals surface area contributed by atoms with Crippen molar-refractivity contribution in [2.75, 3.05) is 0 Å². The van der Waals surface area contributed by atoms with E-state index in [0.29, 0.717) is 15.9 Å². The third kappa shape index (κ3) is 3.25. The Balaban J connectivity index is 2.11. The minimum absolute atomic E-state index is 0.0964. The van der Waals surface area contributed by atoms with Crippen LogP contribution in [0, 0.1) is 15.9 Å². The lowest BCUT2D eigenvalue weighted by molar-refractivity contribution is -0.387.